The molecular formula is C26H23N. The summed E-state index contributed by atoms with van der Waals surface area (Å²) in [5, 5.41) is 2.58. The fraction of sp³-hybridized carbons (Fsp3) is 0.154. The Kier molecular flexibility index (Phi) is 3.75. The first-order valence-corrected chi connectivity index (χ1v) is 9.66. The van der Waals surface area contributed by atoms with Gasteiger partial charge in [-0.3, -0.25) is 0 Å². The number of hydrogen-bond donors (Lipinski definition) is 0. The van der Waals surface area contributed by atoms with Crippen LogP contribution in [0, 0.1) is 6.92 Å². The van der Waals surface area contributed by atoms with E-state index in [0.717, 1.165) is 0 Å². The topological polar surface area (TPSA) is 3.24 Å². The lowest BCUT2D eigenvalue weighted by Gasteiger charge is -2.28. The van der Waals surface area contributed by atoms with Crippen LogP contribution in [0.4, 0.5) is 11.4 Å². The molecule has 0 N–H and O–H groups in total. The van der Waals surface area contributed by atoms with Crippen molar-refractivity contribution in [3.05, 3.63) is 108 Å². The van der Waals surface area contributed by atoms with Gasteiger partial charge < -0.3 is 4.90 Å². The summed E-state index contributed by atoms with van der Waals surface area (Å²) in [5.41, 5.74) is 6.74. The standard InChI is InChI=1S/C26H23N/c1-18-12-15-25-24(16-18)26(21-9-4-3-5-10-21)19(2)27(25)23-14-13-20-8-6-7-11-22(20)17-23/h3-17,19,26H,1-2H3. The number of nitrogens with zero attached hydrogens (tertiary/aromatic N) is 1. The van der Waals surface area contributed by atoms with Crippen LogP contribution in [0.25, 0.3) is 10.8 Å². The molecule has 4 aromatic carbocycles. The van der Waals surface area contributed by atoms with E-state index >= 15 is 0 Å². The second-order valence-corrected chi connectivity index (χ2v) is 7.59. The van der Waals surface area contributed by atoms with E-state index in [2.05, 4.69) is 110 Å². The second kappa shape index (κ2) is 6.28. The quantitative estimate of drug-likeness (QED) is 0.384. The summed E-state index contributed by atoms with van der Waals surface area (Å²) < 4.78 is 0. The van der Waals surface area contributed by atoms with Crippen LogP contribution in [-0.4, -0.2) is 6.04 Å². The Bertz CT molecular complexity index is 1110. The third-order valence-electron chi connectivity index (χ3n) is 5.84. The van der Waals surface area contributed by atoms with Crippen LogP contribution in [0.5, 0.6) is 0 Å². The molecule has 0 bridgehead atoms. The summed E-state index contributed by atoms with van der Waals surface area (Å²) in [6.45, 7) is 4.54. The Morgan fingerprint density at radius 2 is 1.44 bits per heavy atom. The molecule has 0 fully saturated rings. The van der Waals surface area contributed by atoms with Gasteiger partial charge in [0.25, 0.3) is 0 Å². The molecule has 0 aromatic heterocycles. The summed E-state index contributed by atoms with van der Waals surface area (Å²) in [5.74, 6) is 0.382. The van der Waals surface area contributed by atoms with E-state index in [9.17, 15) is 0 Å². The third-order valence-corrected chi connectivity index (χ3v) is 5.84. The highest BCUT2D eigenvalue weighted by atomic mass is 15.2. The highest BCUT2D eigenvalue weighted by Gasteiger charge is 2.37. The van der Waals surface area contributed by atoms with Crippen molar-refractivity contribution >= 4 is 22.1 Å². The molecule has 27 heavy (non-hydrogen) atoms. The molecule has 2 atom stereocenters. The molecule has 132 valence electrons. The molecule has 1 aliphatic heterocycles. The normalized spacial score (nSPS) is 18.7. The van der Waals surface area contributed by atoms with Crippen molar-refractivity contribution in [1.82, 2.24) is 0 Å². The van der Waals surface area contributed by atoms with Gasteiger partial charge in [-0.25, -0.2) is 0 Å². The Labute approximate surface area is 160 Å². The Morgan fingerprint density at radius 3 is 2.26 bits per heavy atom. The SMILES string of the molecule is Cc1ccc2c(c1)C(c1ccccc1)C(C)N2c1ccc2ccccc2c1. The van der Waals surface area contributed by atoms with Crippen LogP contribution in [-0.2, 0) is 0 Å². The predicted octanol–water partition coefficient (Wildman–Crippen LogP) is 6.82. The van der Waals surface area contributed by atoms with Crippen molar-refractivity contribution in [2.75, 3.05) is 4.90 Å². The van der Waals surface area contributed by atoms with Crippen molar-refractivity contribution in [3.63, 3.8) is 0 Å². The van der Waals surface area contributed by atoms with Crippen LogP contribution < -0.4 is 4.90 Å². The molecule has 1 nitrogen and oxygen atoms in total. The lowest BCUT2D eigenvalue weighted by molar-refractivity contribution is 0.673. The highest BCUT2D eigenvalue weighted by molar-refractivity contribution is 5.88. The number of aryl methyl sites for hydroxylation is 1. The maximum absolute atomic E-state index is 2.51. The summed E-state index contributed by atoms with van der Waals surface area (Å²) in [7, 11) is 0. The van der Waals surface area contributed by atoms with Gasteiger partial charge in [-0.15, -0.1) is 0 Å². The molecule has 1 heterocycles. The molecule has 1 aliphatic rings. The first-order valence-electron chi connectivity index (χ1n) is 9.66. The lowest BCUT2D eigenvalue weighted by Crippen LogP contribution is -2.27. The third kappa shape index (κ3) is 2.62. The van der Waals surface area contributed by atoms with E-state index in [4.69, 9.17) is 0 Å². The van der Waals surface area contributed by atoms with Crippen LogP contribution >= 0.6 is 0 Å². The smallest absolute Gasteiger partial charge is 0.0453 e. The molecule has 0 spiro atoms. The van der Waals surface area contributed by atoms with Gasteiger partial charge >= 0.3 is 0 Å². The largest absolute Gasteiger partial charge is 0.337 e. The zero-order valence-corrected chi connectivity index (χ0v) is 15.8. The van der Waals surface area contributed by atoms with Crippen molar-refractivity contribution in [2.45, 2.75) is 25.8 Å². The van der Waals surface area contributed by atoms with Crippen LogP contribution in [0.3, 0.4) is 0 Å². The predicted molar refractivity (Wildman–Crippen MR) is 115 cm³/mol. The minimum Gasteiger partial charge on any atom is -0.337 e. The first-order chi connectivity index (χ1) is 13.2. The second-order valence-electron chi connectivity index (χ2n) is 7.59. The molecule has 0 saturated heterocycles. The molecule has 0 amide bonds. The minimum atomic E-state index is 0.366. The summed E-state index contributed by atoms with van der Waals surface area (Å²) in [6.07, 6.45) is 0. The number of rotatable bonds is 2. The van der Waals surface area contributed by atoms with E-state index in [1.165, 1.54) is 38.8 Å². The zero-order chi connectivity index (χ0) is 18.4. The van der Waals surface area contributed by atoms with Crippen molar-refractivity contribution in [1.29, 1.82) is 0 Å². The van der Waals surface area contributed by atoms with Crippen LogP contribution in [0.15, 0.2) is 91.0 Å². The van der Waals surface area contributed by atoms with Crippen molar-refractivity contribution in [3.8, 4) is 0 Å². The Balaban J connectivity index is 1.68. The Morgan fingerprint density at radius 1 is 0.704 bits per heavy atom. The maximum Gasteiger partial charge on any atom is 0.0453 e. The molecular weight excluding hydrogens is 326 g/mol. The van der Waals surface area contributed by atoms with E-state index < -0.39 is 0 Å². The molecule has 1 heteroatoms. The van der Waals surface area contributed by atoms with E-state index in [1.807, 2.05) is 0 Å². The number of fused-ring (bicyclic) bond motifs is 2. The van der Waals surface area contributed by atoms with Crippen LogP contribution in [0.1, 0.15) is 29.5 Å². The number of anilines is 2. The van der Waals surface area contributed by atoms with E-state index in [1.54, 1.807) is 0 Å². The number of hydrogen-bond acceptors (Lipinski definition) is 1. The minimum absolute atomic E-state index is 0.366. The van der Waals surface area contributed by atoms with Crippen LogP contribution in [0.2, 0.25) is 0 Å². The van der Waals surface area contributed by atoms with Gasteiger partial charge in [0.1, 0.15) is 0 Å². The molecule has 0 radical (unpaired) electrons. The molecule has 0 aliphatic carbocycles. The molecule has 4 aromatic rings. The fourth-order valence-corrected chi connectivity index (χ4v) is 4.59. The Hall–Kier alpha value is -3.06. The van der Waals surface area contributed by atoms with Gasteiger partial charge in [-0.05, 0) is 53.9 Å². The van der Waals surface area contributed by atoms with Gasteiger partial charge in [0, 0.05) is 23.3 Å². The monoisotopic (exact) mass is 349 g/mol. The van der Waals surface area contributed by atoms with E-state index in [0.29, 0.717) is 12.0 Å². The molecule has 2 unspecified atom stereocenters. The molecule has 5 rings (SSSR count). The highest BCUT2D eigenvalue weighted by Crippen LogP contribution is 2.48. The van der Waals surface area contributed by atoms with Gasteiger partial charge in [-0.2, -0.15) is 0 Å². The average Bonchev–Trinajstić information content (AvgIpc) is 2.99. The van der Waals surface area contributed by atoms with Crippen molar-refractivity contribution < 1.29 is 0 Å². The maximum atomic E-state index is 2.51. The van der Waals surface area contributed by atoms with Crippen molar-refractivity contribution in [2.24, 2.45) is 0 Å². The molecule has 0 saturated carbocycles. The summed E-state index contributed by atoms with van der Waals surface area (Å²) in [6, 6.07) is 33.6. The van der Waals surface area contributed by atoms with Gasteiger partial charge in [0.05, 0.1) is 0 Å². The average molecular weight is 349 g/mol. The fourth-order valence-electron chi connectivity index (χ4n) is 4.59. The van der Waals surface area contributed by atoms with Gasteiger partial charge in [0.15, 0.2) is 0 Å². The van der Waals surface area contributed by atoms with E-state index in [-0.39, 0.29) is 0 Å². The van der Waals surface area contributed by atoms with Gasteiger partial charge in [-0.1, -0.05) is 78.4 Å². The lowest BCUT2D eigenvalue weighted by atomic mass is 9.88. The van der Waals surface area contributed by atoms with Gasteiger partial charge in [0.2, 0.25) is 0 Å². The zero-order valence-electron chi connectivity index (χ0n) is 15.8. The number of benzene rings is 4. The summed E-state index contributed by atoms with van der Waals surface area (Å²) >= 11 is 0. The summed E-state index contributed by atoms with van der Waals surface area (Å²) in [4.78, 5) is 2.51. The first kappa shape index (κ1) is 16.1.